The Kier molecular flexibility index (Phi) is 3.83. The van der Waals surface area contributed by atoms with Crippen LogP contribution in [-0.4, -0.2) is 17.1 Å². The molecule has 94 valence electrons. The van der Waals surface area contributed by atoms with Gasteiger partial charge >= 0.3 is 5.97 Å². The van der Waals surface area contributed by atoms with E-state index in [1.165, 1.54) is 26.0 Å². The highest BCUT2D eigenvalue weighted by Gasteiger charge is 2.27. The molecule has 0 aliphatic heterocycles. The molecule has 0 spiro atoms. The first-order valence-electron chi connectivity index (χ1n) is 5.18. The maximum atomic E-state index is 13.9. The van der Waals surface area contributed by atoms with Crippen molar-refractivity contribution in [3.63, 3.8) is 0 Å². The molecular formula is C12H15F2NO2. The maximum Gasteiger partial charge on any atom is 0.320 e. The van der Waals surface area contributed by atoms with E-state index in [0.29, 0.717) is 0 Å². The number of carboxylic acids is 1. The Morgan fingerprint density at radius 2 is 2.12 bits per heavy atom. The van der Waals surface area contributed by atoms with Crippen LogP contribution in [0.4, 0.5) is 8.78 Å². The van der Waals surface area contributed by atoms with Crippen molar-refractivity contribution in [2.24, 2.45) is 5.73 Å². The molecule has 5 heteroatoms. The first kappa shape index (κ1) is 13.6. The largest absolute Gasteiger partial charge is 0.480 e. The second-order valence-electron chi connectivity index (χ2n) is 4.40. The van der Waals surface area contributed by atoms with Crippen molar-refractivity contribution in [2.75, 3.05) is 0 Å². The van der Waals surface area contributed by atoms with E-state index in [2.05, 4.69) is 0 Å². The molecule has 1 atom stereocenters. The third kappa shape index (κ3) is 3.23. The highest BCUT2D eigenvalue weighted by Crippen LogP contribution is 2.30. The van der Waals surface area contributed by atoms with Gasteiger partial charge in [-0.1, -0.05) is 12.1 Å². The highest BCUT2D eigenvalue weighted by atomic mass is 19.1. The van der Waals surface area contributed by atoms with Crippen LogP contribution in [0.15, 0.2) is 18.2 Å². The molecule has 0 fully saturated rings. The quantitative estimate of drug-likeness (QED) is 0.850. The number of hydrogen-bond acceptors (Lipinski definition) is 2. The standard InChI is InChI=1S/C12H15F2NO2/c1-12(2,14)10-7(4-3-5-8(10)13)6-9(15)11(16)17/h3-5,9H,6,15H2,1-2H3,(H,16,17). The van der Waals surface area contributed by atoms with Crippen LogP contribution in [0.2, 0.25) is 0 Å². The summed E-state index contributed by atoms with van der Waals surface area (Å²) < 4.78 is 27.4. The summed E-state index contributed by atoms with van der Waals surface area (Å²) in [5.74, 6) is -1.88. The zero-order valence-electron chi connectivity index (χ0n) is 9.71. The van der Waals surface area contributed by atoms with Crippen molar-refractivity contribution >= 4 is 5.97 Å². The van der Waals surface area contributed by atoms with E-state index in [-0.39, 0.29) is 17.5 Å². The molecular weight excluding hydrogens is 228 g/mol. The van der Waals surface area contributed by atoms with Crippen LogP contribution in [0.3, 0.4) is 0 Å². The Bertz CT molecular complexity index is 427. The smallest absolute Gasteiger partial charge is 0.320 e. The fourth-order valence-electron chi connectivity index (χ4n) is 1.73. The van der Waals surface area contributed by atoms with Gasteiger partial charge in [0.05, 0.1) is 0 Å². The third-order valence-electron chi connectivity index (χ3n) is 2.45. The lowest BCUT2D eigenvalue weighted by molar-refractivity contribution is -0.138. The molecule has 3 N–H and O–H groups in total. The van der Waals surface area contributed by atoms with E-state index in [1.54, 1.807) is 0 Å². The molecule has 0 heterocycles. The Morgan fingerprint density at radius 3 is 2.59 bits per heavy atom. The molecule has 0 aromatic heterocycles. The number of benzene rings is 1. The SMILES string of the molecule is CC(C)(F)c1c(F)cccc1CC(N)C(=O)O. The first-order valence-corrected chi connectivity index (χ1v) is 5.18. The van der Waals surface area contributed by atoms with E-state index >= 15 is 0 Å². The summed E-state index contributed by atoms with van der Waals surface area (Å²) in [4.78, 5) is 10.6. The number of carboxylic acid groups (broad SMARTS) is 1. The zero-order chi connectivity index (χ0) is 13.2. The lowest BCUT2D eigenvalue weighted by Crippen LogP contribution is -2.33. The van der Waals surface area contributed by atoms with Gasteiger partial charge in [0.25, 0.3) is 0 Å². The van der Waals surface area contributed by atoms with Crippen LogP contribution in [-0.2, 0) is 16.9 Å². The molecule has 0 saturated carbocycles. The van der Waals surface area contributed by atoms with E-state index in [9.17, 15) is 13.6 Å². The minimum atomic E-state index is -1.88. The number of hydrogen-bond donors (Lipinski definition) is 2. The summed E-state index contributed by atoms with van der Waals surface area (Å²) in [7, 11) is 0. The highest BCUT2D eigenvalue weighted by molar-refractivity contribution is 5.73. The van der Waals surface area contributed by atoms with Gasteiger partial charge in [-0.3, -0.25) is 4.79 Å². The van der Waals surface area contributed by atoms with Gasteiger partial charge in [-0.2, -0.15) is 0 Å². The fraction of sp³-hybridized carbons (Fsp3) is 0.417. The molecule has 0 bridgehead atoms. The number of nitrogens with two attached hydrogens (primary N) is 1. The van der Waals surface area contributed by atoms with Gasteiger partial charge in [0.2, 0.25) is 0 Å². The minimum absolute atomic E-state index is 0.101. The van der Waals surface area contributed by atoms with Crippen molar-refractivity contribution in [3.8, 4) is 0 Å². The van der Waals surface area contributed by atoms with Crippen molar-refractivity contribution in [1.82, 2.24) is 0 Å². The Labute approximate surface area is 98.2 Å². The second kappa shape index (κ2) is 4.79. The Balaban J connectivity index is 3.16. The number of alkyl halides is 1. The molecule has 1 aromatic rings. The predicted molar refractivity (Wildman–Crippen MR) is 59.8 cm³/mol. The van der Waals surface area contributed by atoms with E-state index in [0.717, 1.165) is 6.07 Å². The van der Waals surface area contributed by atoms with Gasteiger partial charge in [-0.25, -0.2) is 8.78 Å². The Morgan fingerprint density at radius 1 is 1.53 bits per heavy atom. The van der Waals surface area contributed by atoms with Crippen LogP contribution in [0.25, 0.3) is 0 Å². The second-order valence-corrected chi connectivity index (χ2v) is 4.40. The number of rotatable bonds is 4. The molecule has 3 nitrogen and oxygen atoms in total. The molecule has 0 aliphatic carbocycles. The van der Waals surface area contributed by atoms with Gasteiger partial charge in [0.1, 0.15) is 17.5 Å². The van der Waals surface area contributed by atoms with Crippen molar-refractivity contribution in [3.05, 3.63) is 35.1 Å². The maximum absolute atomic E-state index is 13.9. The van der Waals surface area contributed by atoms with E-state index in [4.69, 9.17) is 10.8 Å². The molecule has 17 heavy (non-hydrogen) atoms. The number of halogens is 2. The zero-order valence-corrected chi connectivity index (χ0v) is 9.71. The van der Waals surface area contributed by atoms with Crippen LogP contribution in [0.5, 0.6) is 0 Å². The summed E-state index contributed by atoms with van der Waals surface area (Å²) in [6.07, 6.45) is -0.101. The first-order chi connectivity index (χ1) is 7.73. The number of carbonyl (C=O) groups is 1. The molecule has 1 rings (SSSR count). The van der Waals surface area contributed by atoms with Crippen LogP contribution >= 0.6 is 0 Å². The molecule has 1 unspecified atom stereocenters. The van der Waals surface area contributed by atoms with Crippen molar-refractivity contribution in [1.29, 1.82) is 0 Å². The van der Waals surface area contributed by atoms with Crippen molar-refractivity contribution in [2.45, 2.75) is 32.0 Å². The molecule has 0 aliphatic rings. The summed E-state index contributed by atoms with van der Waals surface area (Å²) in [6, 6.07) is 2.88. The van der Waals surface area contributed by atoms with Crippen LogP contribution in [0.1, 0.15) is 25.0 Å². The average molecular weight is 243 g/mol. The van der Waals surface area contributed by atoms with Gasteiger partial charge in [0.15, 0.2) is 0 Å². The normalized spacial score (nSPS) is 13.5. The summed E-state index contributed by atoms with van der Waals surface area (Å²) in [5, 5.41) is 8.69. The molecule has 1 aromatic carbocycles. The van der Waals surface area contributed by atoms with Gasteiger partial charge in [0, 0.05) is 5.56 Å². The monoisotopic (exact) mass is 243 g/mol. The summed E-state index contributed by atoms with van der Waals surface area (Å²) in [6.45, 7) is 2.45. The van der Waals surface area contributed by atoms with Gasteiger partial charge < -0.3 is 10.8 Å². The van der Waals surface area contributed by atoms with Gasteiger partial charge in [-0.15, -0.1) is 0 Å². The fourth-order valence-corrected chi connectivity index (χ4v) is 1.73. The minimum Gasteiger partial charge on any atom is -0.480 e. The lowest BCUT2D eigenvalue weighted by Gasteiger charge is -2.20. The third-order valence-corrected chi connectivity index (χ3v) is 2.45. The van der Waals surface area contributed by atoms with Crippen LogP contribution < -0.4 is 5.73 Å². The van der Waals surface area contributed by atoms with E-state index in [1.807, 2.05) is 0 Å². The molecule has 0 saturated heterocycles. The number of aliphatic carboxylic acids is 1. The Hall–Kier alpha value is -1.49. The summed E-state index contributed by atoms with van der Waals surface area (Å²) >= 11 is 0. The predicted octanol–water partition coefficient (Wildman–Crippen LogP) is 1.98. The molecule has 0 radical (unpaired) electrons. The summed E-state index contributed by atoms with van der Waals surface area (Å²) in [5.41, 5.74) is 3.65. The van der Waals surface area contributed by atoms with Gasteiger partial charge in [-0.05, 0) is 31.9 Å². The van der Waals surface area contributed by atoms with Crippen molar-refractivity contribution < 1.29 is 18.7 Å². The van der Waals surface area contributed by atoms with Crippen LogP contribution in [0, 0.1) is 5.82 Å². The molecule has 0 amide bonds. The lowest BCUT2D eigenvalue weighted by atomic mass is 9.91. The van der Waals surface area contributed by atoms with E-state index < -0.39 is 23.5 Å². The average Bonchev–Trinajstić information content (AvgIpc) is 2.15. The topological polar surface area (TPSA) is 63.3 Å².